The van der Waals surface area contributed by atoms with E-state index in [-0.39, 0.29) is 0 Å². The summed E-state index contributed by atoms with van der Waals surface area (Å²) >= 11 is 0. The van der Waals surface area contributed by atoms with Gasteiger partial charge in [-0.3, -0.25) is 0 Å². The largest absolute Gasteiger partial charge is 0.302 e. The first-order chi connectivity index (χ1) is 8.47. The zero-order chi connectivity index (χ0) is 12.9. The Bertz CT molecular complexity index is 287. The molecule has 3 fully saturated rings. The number of likely N-dealkylation sites (tertiary alicyclic amines) is 2. The number of rotatable bonds is 4. The van der Waals surface area contributed by atoms with Crippen LogP contribution in [0.2, 0.25) is 0 Å². The van der Waals surface area contributed by atoms with Gasteiger partial charge in [0, 0.05) is 38.8 Å². The molecule has 18 heavy (non-hydrogen) atoms. The molecule has 0 aromatic heterocycles. The summed E-state index contributed by atoms with van der Waals surface area (Å²) in [6.45, 7) is 16.3. The second-order valence-corrected chi connectivity index (χ2v) is 8.00. The van der Waals surface area contributed by atoms with Crippen molar-refractivity contribution in [2.45, 2.75) is 46.6 Å². The zero-order valence-corrected chi connectivity index (χ0v) is 12.7. The van der Waals surface area contributed by atoms with E-state index >= 15 is 0 Å². The predicted octanol–water partition coefficient (Wildman–Crippen LogP) is 2.69. The molecule has 0 amide bonds. The molecule has 1 spiro atoms. The summed E-state index contributed by atoms with van der Waals surface area (Å²) in [6.07, 6.45) is 3.04. The average molecular weight is 250 g/mol. The molecule has 3 rings (SSSR count). The maximum absolute atomic E-state index is 2.72. The van der Waals surface area contributed by atoms with Crippen LogP contribution in [-0.4, -0.2) is 48.6 Å². The van der Waals surface area contributed by atoms with E-state index in [0.29, 0.717) is 0 Å². The molecule has 2 saturated heterocycles. The van der Waals surface area contributed by atoms with E-state index in [9.17, 15) is 0 Å². The van der Waals surface area contributed by atoms with Crippen LogP contribution in [0, 0.1) is 23.2 Å². The minimum atomic E-state index is 0.752. The summed E-state index contributed by atoms with van der Waals surface area (Å²) < 4.78 is 0. The SMILES string of the molecule is CC(C)C1CC2(C1)CN(CC1CN(C(C)C)C1)C2. The van der Waals surface area contributed by atoms with Gasteiger partial charge < -0.3 is 9.80 Å². The van der Waals surface area contributed by atoms with Crippen LogP contribution in [0.4, 0.5) is 0 Å². The molecule has 2 aliphatic heterocycles. The van der Waals surface area contributed by atoms with Crippen LogP contribution in [-0.2, 0) is 0 Å². The topological polar surface area (TPSA) is 6.48 Å². The van der Waals surface area contributed by atoms with Crippen molar-refractivity contribution in [3.63, 3.8) is 0 Å². The van der Waals surface area contributed by atoms with Gasteiger partial charge in [-0.25, -0.2) is 0 Å². The van der Waals surface area contributed by atoms with Crippen LogP contribution >= 0.6 is 0 Å². The summed E-state index contributed by atoms with van der Waals surface area (Å²) in [4.78, 5) is 5.32. The van der Waals surface area contributed by atoms with Crippen molar-refractivity contribution in [3.05, 3.63) is 0 Å². The average Bonchev–Trinajstić information content (AvgIpc) is 2.07. The first-order valence-electron chi connectivity index (χ1n) is 7.94. The molecule has 0 atom stereocenters. The lowest BCUT2D eigenvalue weighted by atomic mass is 9.55. The van der Waals surface area contributed by atoms with Crippen molar-refractivity contribution in [2.24, 2.45) is 23.2 Å². The zero-order valence-electron chi connectivity index (χ0n) is 12.7. The fourth-order valence-corrected chi connectivity index (χ4v) is 4.33. The minimum Gasteiger partial charge on any atom is -0.302 e. The van der Waals surface area contributed by atoms with Crippen molar-refractivity contribution in [1.82, 2.24) is 9.80 Å². The standard InChI is InChI=1S/C16H30N2/c1-12(2)15-5-16(6-15)10-17(11-16)7-14-8-18(9-14)13(3)4/h12-15H,5-11H2,1-4H3. The Morgan fingerprint density at radius 1 is 1.06 bits per heavy atom. The Kier molecular flexibility index (Phi) is 3.22. The van der Waals surface area contributed by atoms with E-state index in [1.807, 2.05) is 0 Å². The van der Waals surface area contributed by atoms with Crippen molar-refractivity contribution in [3.8, 4) is 0 Å². The molecule has 0 unspecified atom stereocenters. The Labute approximate surface area is 113 Å². The molecule has 1 aliphatic carbocycles. The Morgan fingerprint density at radius 2 is 1.67 bits per heavy atom. The van der Waals surface area contributed by atoms with Gasteiger partial charge in [-0.15, -0.1) is 0 Å². The Balaban J connectivity index is 1.33. The lowest BCUT2D eigenvalue weighted by Gasteiger charge is -2.61. The quantitative estimate of drug-likeness (QED) is 0.757. The van der Waals surface area contributed by atoms with E-state index in [2.05, 4.69) is 37.5 Å². The van der Waals surface area contributed by atoms with Crippen molar-refractivity contribution >= 4 is 0 Å². The smallest absolute Gasteiger partial charge is 0.00508 e. The number of hydrogen-bond acceptors (Lipinski definition) is 2. The molecule has 0 radical (unpaired) electrons. The van der Waals surface area contributed by atoms with Gasteiger partial charge in [0.05, 0.1) is 0 Å². The second kappa shape index (κ2) is 4.49. The van der Waals surface area contributed by atoms with Gasteiger partial charge in [0.2, 0.25) is 0 Å². The lowest BCUT2D eigenvalue weighted by Crippen LogP contribution is -2.65. The van der Waals surface area contributed by atoms with Gasteiger partial charge >= 0.3 is 0 Å². The highest BCUT2D eigenvalue weighted by Gasteiger charge is 2.52. The first-order valence-corrected chi connectivity index (χ1v) is 7.94. The summed E-state index contributed by atoms with van der Waals surface area (Å²) in [5.41, 5.74) is 0.774. The highest BCUT2D eigenvalue weighted by Crippen LogP contribution is 2.54. The van der Waals surface area contributed by atoms with Gasteiger partial charge in [0.25, 0.3) is 0 Å². The molecule has 0 aromatic carbocycles. The van der Waals surface area contributed by atoms with Gasteiger partial charge in [0.1, 0.15) is 0 Å². The molecule has 0 N–H and O–H groups in total. The third-order valence-electron chi connectivity index (χ3n) is 5.68. The molecule has 0 bridgehead atoms. The van der Waals surface area contributed by atoms with Crippen LogP contribution in [0.25, 0.3) is 0 Å². The van der Waals surface area contributed by atoms with E-state index in [1.54, 1.807) is 0 Å². The molecular formula is C16H30N2. The predicted molar refractivity (Wildman–Crippen MR) is 76.6 cm³/mol. The van der Waals surface area contributed by atoms with Crippen LogP contribution < -0.4 is 0 Å². The first kappa shape index (κ1) is 12.9. The third-order valence-corrected chi connectivity index (χ3v) is 5.68. The number of nitrogens with zero attached hydrogens (tertiary/aromatic N) is 2. The summed E-state index contributed by atoms with van der Waals surface area (Å²) in [6, 6.07) is 0.752. The molecule has 2 heterocycles. The number of hydrogen-bond donors (Lipinski definition) is 0. The molecular weight excluding hydrogens is 220 g/mol. The van der Waals surface area contributed by atoms with E-state index < -0.39 is 0 Å². The van der Waals surface area contributed by atoms with Crippen LogP contribution in [0.5, 0.6) is 0 Å². The molecule has 2 nitrogen and oxygen atoms in total. The van der Waals surface area contributed by atoms with Crippen molar-refractivity contribution in [1.29, 1.82) is 0 Å². The fourth-order valence-electron chi connectivity index (χ4n) is 4.33. The molecule has 2 heteroatoms. The highest BCUT2D eigenvalue weighted by atomic mass is 15.3. The lowest BCUT2D eigenvalue weighted by molar-refractivity contribution is -0.118. The summed E-state index contributed by atoms with van der Waals surface area (Å²) in [7, 11) is 0. The van der Waals surface area contributed by atoms with Gasteiger partial charge in [0.15, 0.2) is 0 Å². The van der Waals surface area contributed by atoms with Crippen LogP contribution in [0.15, 0.2) is 0 Å². The third kappa shape index (κ3) is 2.22. The maximum atomic E-state index is 2.72. The molecule has 0 aromatic rings. The minimum absolute atomic E-state index is 0.752. The highest BCUT2D eigenvalue weighted by molar-refractivity contribution is 5.05. The fraction of sp³-hybridized carbons (Fsp3) is 1.00. The Morgan fingerprint density at radius 3 is 2.17 bits per heavy atom. The van der Waals surface area contributed by atoms with Gasteiger partial charge in [-0.2, -0.15) is 0 Å². The van der Waals surface area contributed by atoms with Gasteiger partial charge in [-0.1, -0.05) is 13.8 Å². The summed E-state index contributed by atoms with van der Waals surface area (Å²) in [5, 5.41) is 0. The molecule has 104 valence electrons. The second-order valence-electron chi connectivity index (χ2n) is 8.00. The summed E-state index contributed by atoms with van der Waals surface area (Å²) in [5.74, 6) is 2.91. The molecule has 3 aliphatic rings. The van der Waals surface area contributed by atoms with E-state index in [1.165, 1.54) is 45.6 Å². The van der Waals surface area contributed by atoms with Crippen molar-refractivity contribution < 1.29 is 0 Å². The Hall–Kier alpha value is -0.0800. The van der Waals surface area contributed by atoms with Crippen LogP contribution in [0.1, 0.15) is 40.5 Å². The molecule has 1 saturated carbocycles. The monoisotopic (exact) mass is 250 g/mol. The normalized spacial score (nSPS) is 29.7. The van der Waals surface area contributed by atoms with E-state index in [4.69, 9.17) is 0 Å². The van der Waals surface area contributed by atoms with E-state index in [0.717, 1.165) is 29.2 Å². The van der Waals surface area contributed by atoms with Crippen LogP contribution in [0.3, 0.4) is 0 Å². The maximum Gasteiger partial charge on any atom is 0.00508 e. The van der Waals surface area contributed by atoms with Crippen molar-refractivity contribution in [2.75, 3.05) is 32.7 Å². The van der Waals surface area contributed by atoms with Gasteiger partial charge in [-0.05, 0) is 49.9 Å².